The predicted octanol–water partition coefficient (Wildman–Crippen LogP) is 3.66. The fraction of sp³-hybridized carbons (Fsp3) is 0.600. The highest BCUT2D eigenvalue weighted by Gasteiger charge is 2.23. The number of hydrogen-bond acceptors (Lipinski definition) is 3. The van der Waals surface area contributed by atoms with Crippen LogP contribution in [0.1, 0.15) is 39.5 Å². The van der Waals surface area contributed by atoms with E-state index in [1.807, 2.05) is 18.2 Å². The topological polar surface area (TPSA) is 47.3 Å². The highest BCUT2D eigenvalue weighted by molar-refractivity contribution is 5.59. The first kappa shape index (κ1) is 13.1. The summed E-state index contributed by atoms with van der Waals surface area (Å²) >= 11 is 0. The molecule has 0 aromatic heterocycles. The molecule has 1 aliphatic carbocycles. The van der Waals surface area contributed by atoms with Crippen molar-refractivity contribution in [3.63, 3.8) is 0 Å². The Bertz CT molecular complexity index is 388. The summed E-state index contributed by atoms with van der Waals surface area (Å²) in [6.07, 6.45) is 5.07. The van der Waals surface area contributed by atoms with Crippen LogP contribution in [0.2, 0.25) is 0 Å². The Morgan fingerprint density at radius 1 is 1.39 bits per heavy atom. The van der Waals surface area contributed by atoms with Gasteiger partial charge in [0.1, 0.15) is 5.75 Å². The van der Waals surface area contributed by atoms with Crippen molar-refractivity contribution in [3.8, 4) is 5.75 Å². The van der Waals surface area contributed by atoms with E-state index in [0.29, 0.717) is 6.04 Å². The number of anilines is 2. The van der Waals surface area contributed by atoms with Gasteiger partial charge in [0.05, 0.1) is 6.61 Å². The zero-order chi connectivity index (χ0) is 13.0. The van der Waals surface area contributed by atoms with E-state index in [-0.39, 0.29) is 0 Å². The van der Waals surface area contributed by atoms with Crippen LogP contribution in [-0.4, -0.2) is 12.6 Å². The maximum Gasteiger partial charge on any atom is 0.123 e. The monoisotopic (exact) mass is 248 g/mol. The van der Waals surface area contributed by atoms with E-state index >= 15 is 0 Å². The molecule has 0 saturated heterocycles. The molecule has 0 bridgehead atoms. The Morgan fingerprint density at radius 3 is 2.78 bits per heavy atom. The van der Waals surface area contributed by atoms with Crippen LogP contribution in [0.5, 0.6) is 5.75 Å². The second-order valence-electron chi connectivity index (χ2n) is 5.26. The number of ether oxygens (including phenoxy) is 1. The number of hydrogen-bond donors (Lipinski definition) is 2. The summed E-state index contributed by atoms with van der Waals surface area (Å²) in [4.78, 5) is 0. The van der Waals surface area contributed by atoms with Gasteiger partial charge in [-0.3, -0.25) is 0 Å². The lowest BCUT2D eigenvalue weighted by Crippen LogP contribution is -2.30. The molecule has 2 rings (SSSR count). The summed E-state index contributed by atoms with van der Waals surface area (Å²) in [5.41, 5.74) is 7.74. The minimum atomic E-state index is 0.513. The van der Waals surface area contributed by atoms with Crippen molar-refractivity contribution in [1.82, 2.24) is 0 Å². The number of nitrogens with one attached hydrogen (secondary N) is 1. The molecule has 1 aromatic rings. The van der Waals surface area contributed by atoms with Crippen LogP contribution < -0.4 is 15.8 Å². The lowest BCUT2D eigenvalue weighted by Gasteiger charge is -2.32. The molecule has 0 amide bonds. The molecule has 1 aromatic carbocycles. The van der Waals surface area contributed by atoms with Gasteiger partial charge in [-0.15, -0.1) is 0 Å². The smallest absolute Gasteiger partial charge is 0.123 e. The zero-order valence-electron chi connectivity index (χ0n) is 11.4. The highest BCUT2D eigenvalue weighted by Crippen LogP contribution is 2.32. The molecule has 18 heavy (non-hydrogen) atoms. The van der Waals surface area contributed by atoms with Crippen LogP contribution in [0.25, 0.3) is 0 Å². The van der Waals surface area contributed by atoms with Crippen LogP contribution in [0.4, 0.5) is 11.4 Å². The Kier molecular flexibility index (Phi) is 4.34. The van der Waals surface area contributed by atoms with Gasteiger partial charge in [0, 0.05) is 29.5 Å². The quantitative estimate of drug-likeness (QED) is 0.755. The van der Waals surface area contributed by atoms with E-state index in [9.17, 15) is 0 Å². The number of benzene rings is 1. The fourth-order valence-electron chi connectivity index (χ4n) is 2.33. The highest BCUT2D eigenvalue weighted by atomic mass is 16.5. The van der Waals surface area contributed by atoms with Gasteiger partial charge in [0.25, 0.3) is 0 Å². The van der Waals surface area contributed by atoms with Gasteiger partial charge in [-0.2, -0.15) is 0 Å². The standard InChI is InChI=1S/C15H24N2O/c1-3-7-18-15-9-13(16)8-14(10-15)17-11(2)12-5-4-6-12/h8-12,17H,3-7,16H2,1-2H3. The third kappa shape index (κ3) is 3.31. The van der Waals surface area contributed by atoms with E-state index in [1.54, 1.807) is 0 Å². The Hall–Kier alpha value is -1.38. The minimum Gasteiger partial charge on any atom is -0.493 e. The first-order chi connectivity index (χ1) is 8.69. The molecular weight excluding hydrogens is 224 g/mol. The predicted molar refractivity (Wildman–Crippen MR) is 77.1 cm³/mol. The Balaban J connectivity index is 1.99. The lowest BCUT2D eigenvalue weighted by molar-refractivity contribution is 0.285. The summed E-state index contributed by atoms with van der Waals surface area (Å²) < 4.78 is 5.64. The van der Waals surface area contributed by atoms with Gasteiger partial charge in [-0.1, -0.05) is 13.3 Å². The largest absolute Gasteiger partial charge is 0.493 e. The van der Waals surface area contributed by atoms with Gasteiger partial charge in [-0.25, -0.2) is 0 Å². The molecule has 0 heterocycles. The molecule has 1 aliphatic rings. The first-order valence-corrected chi connectivity index (χ1v) is 6.99. The minimum absolute atomic E-state index is 0.513. The summed E-state index contributed by atoms with van der Waals surface area (Å²) in [7, 11) is 0. The van der Waals surface area contributed by atoms with Gasteiger partial charge >= 0.3 is 0 Å². The van der Waals surface area contributed by atoms with E-state index in [4.69, 9.17) is 10.5 Å². The molecule has 0 spiro atoms. The van der Waals surface area contributed by atoms with Crippen molar-refractivity contribution >= 4 is 11.4 Å². The molecule has 0 aliphatic heterocycles. The third-order valence-corrected chi connectivity index (χ3v) is 3.65. The Morgan fingerprint density at radius 2 is 2.17 bits per heavy atom. The average molecular weight is 248 g/mol. The lowest BCUT2D eigenvalue weighted by atomic mass is 9.80. The number of nitrogens with two attached hydrogens (primary N) is 1. The van der Waals surface area contributed by atoms with E-state index in [2.05, 4.69) is 19.2 Å². The molecule has 1 saturated carbocycles. The van der Waals surface area contributed by atoms with Crippen molar-refractivity contribution in [2.75, 3.05) is 17.7 Å². The van der Waals surface area contributed by atoms with Crippen molar-refractivity contribution in [2.24, 2.45) is 5.92 Å². The molecule has 1 atom stereocenters. The molecule has 3 heteroatoms. The molecule has 100 valence electrons. The second kappa shape index (κ2) is 5.98. The normalized spacial score (nSPS) is 17.0. The first-order valence-electron chi connectivity index (χ1n) is 6.99. The van der Waals surface area contributed by atoms with Crippen LogP contribution in [-0.2, 0) is 0 Å². The van der Waals surface area contributed by atoms with Gasteiger partial charge in [0.15, 0.2) is 0 Å². The average Bonchev–Trinajstić information content (AvgIpc) is 2.22. The molecule has 3 N–H and O–H groups in total. The van der Waals surface area contributed by atoms with Crippen molar-refractivity contribution in [1.29, 1.82) is 0 Å². The summed E-state index contributed by atoms with van der Waals surface area (Å²) in [6, 6.07) is 6.42. The Labute approximate surface area is 110 Å². The molecule has 0 radical (unpaired) electrons. The van der Waals surface area contributed by atoms with Crippen LogP contribution in [0.3, 0.4) is 0 Å². The SMILES string of the molecule is CCCOc1cc(N)cc(NC(C)C2CCC2)c1. The maximum atomic E-state index is 5.91. The van der Waals surface area contributed by atoms with E-state index in [0.717, 1.165) is 36.1 Å². The molecule has 3 nitrogen and oxygen atoms in total. The van der Waals surface area contributed by atoms with Crippen LogP contribution in [0.15, 0.2) is 18.2 Å². The fourth-order valence-corrected chi connectivity index (χ4v) is 2.33. The van der Waals surface area contributed by atoms with Crippen LogP contribution in [0, 0.1) is 5.92 Å². The molecular formula is C15H24N2O. The molecule has 1 fully saturated rings. The summed E-state index contributed by atoms with van der Waals surface area (Å²) in [6.45, 7) is 5.09. The van der Waals surface area contributed by atoms with Crippen molar-refractivity contribution < 1.29 is 4.74 Å². The third-order valence-electron chi connectivity index (χ3n) is 3.65. The van der Waals surface area contributed by atoms with Crippen molar-refractivity contribution in [3.05, 3.63) is 18.2 Å². The van der Waals surface area contributed by atoms with Crippen LogP contribution >= 0.6 is 0 Å². The van der Waals surface area contributed by atoms with Gasteiger partial charge in [0.2, 0.25) is 0 Å². The summed E-state index contributed by atoms with van der Waals surface area (Å²) in [5, 5.41) is 3.54. The zero-order valence-corrected chi connectivity index (χ0v) is 11.4. The number of rotatable bonds is 6. The summed E-state index contributed by atoms with van der Waals surface area (Å²) in [5.74, 6) is 1.67. The van der Waals surface area contributed by atoms with E-state index in [1.165, 1.54) is 19.3 Å². The second-order valence-corrected chi connectivity index (χ2v) is 5.26. The molecule has 1 unspecified atom stereocenters. The van der Waals surface area contributed by atoms with Gasteiger partial charge in [-0.05, 0) is 38.2 Å². The van der Waals surface area contributed by atoms with Gasteiger partial charge < -0.3 is 15.8 Å². The number of nitrogen functional groups attached to an aromatic ring is 1. The van der Waals surface area contributed by atoms with E-state index < -0.39 is 0 Å². The van der Waals surface area contributed by atoms with Crippen molar-refractivity contribution in [2.45, 2.75) is 45.6 Å². The maximum absolute atomic E-state index is 5.91.